The van der Waals surface area contributed by atoms with Crippen LogP contribution in [-0.4, -0.2) is 68.3 Å². The standard InChI is InChI=1S/C33H38N4O6S/c1-6-41-26-18-22(10-15-25(26)43-20-28(38)36-16-8-9-17-36)19-27-31(39)37-30(23-11-13-24(14-12-23)35(4)5)29(32(40)42-7-2)21(3)34-33(37)44-27/h10-15,18-19,30H,6-9,16-17,20H2,1-5H3/b27-19+/t30-/m0/s1. The first kappa shape index (κ1) is 31.1. The molecule has 232 valence electrons. The molecule has 2 aliphatic heterocycles. The molecule has 44 heavy (non-hydrogen) atoms. The molecule has 1 amide bonds. The lowest BCUT2D eigenvalue weighted by molar-refractivity contribution is -0.139. The number of allylic oxidation sites excluding steroid dienone is 1. The molecule has 10 nitrogen and oxygen atoms in total. The van der Waals surface area contributed by atoms with Crippen LogP contribution in [0.25, 0.3) is 6.08 Å². The molecule has 0 N–H and O–H groups in total. The lowest BCUT2D eigenvalue weighted by atomic mass is 9.95. The SMILES string of the molecule is CCOC(=O)C1=C(C)N=c2s/c(=C/c3ccc(OCC(=O)N4CCCC4)c(OCC)c3)c(=O)n2[C@H]1c1ccc(N(C)C)cc1. The van der Waals surface area contributed by atoms with Crippen molar-refractivity contribution in [3.63, 3.8) is 0 Å². The van der Waals surface area contributed by atoms with E-state index in [2.05, 4.69) is 4.99 Å². The summed E-state index contributed by atoms with van der Waals surface area (Å²) in [6, 6.07) is 12.5. The van der Waals surface area contributed by atoms with E-state index in [0.717, 1.165) is 42.7 Å². The number of hydrogen-bond donors (Lipinski definition) is 0. The zero-order chi connectivity index (χ0) is 31.4. The molecule has 0 bridgehead atoms. The van der Waals surface area contributed by atoms with Gasteiger partial charge in [0, 0.05) is 32.9 Å². The largest absolute Gasteiger partial charge is 0.490 e. The van der Waals surface area contributed by atoms with Crippen LogP contribution in [0.2, 0.25) is 0 Å². The van der Waals surface area contributed by atoms with Crippen molar-refractivity contribution in [1.29, 1.82) is 0 Å². The van der Waals surface area contributed by atoms with E-state index in [1.165, 1.54) is 11.3 Å². The zero-order valence-electron chi connectivity index (χ0n) is 25.8. The van der Waals surface area contributed by atoms with Gasteiger partial charge in [0.2, 0.25) is 0 Å². The summed E-state index contributed by atoms with van der Waals surface area (Å²) in [5.41, 5.74) is 3.10. The van der Waals surface area contributed by atoms with Gasteiger partial charge in [-0.2, -0.15) is 0 Å². The molecule has 1 fully saturated rings. The average molecular weight is 619 g/mol. The van der Waals surface area contributed by atoms with Crippen LogP contribution in [0.1, 0.15) is 50.8 Å². The molecule has 1 saturated heterocycles. The van der Waals surface area contributed by atoms with Crippen LogP contribution < -0.4 is 29.3 Å². The predicted molar refractivity (Wildman–Crippen MR) is 170 cm³/mol. The first-order valence-corrected chi connectivity index (χ1v) is 15.7. The average Bonchev–Trinajstić information content (AvgIpc) is 3.65. The number of benzene rings is 2. The van der Waals surface area contributed by atoms with Gasteiger partial charge in [-0.05, 0) is 75.1 Å². The van der Waals surface area contributed by atoms with Crippen LogP contribution in [0.15, 0.2) is 63.5 Å². The molecule has 5 rings (SSSR count). The summed E-state index contributed by atoms with van der Waals surface area (Å²) in [6.45, 7) is 7.48. The molecule has 2 aromatic carbocycles. The van der Waals surface area contributed by atoms with Crippen LogP contribution in [-0.2, 0) is 14.3 Å². The monoisotopic (exact) mass is 618 g/mol. The van der Waals surface area contributed by atoms with Gasteiger partial charge < -0.3 is 24.0 Å². The Morgan fingerprint density at radius 2 is 1.75 bits per heavy atom. The minimum atomic E-state index is -0.688. The van der Waals surface area contributed by atoms with Crippen LogP contribution in [0, 0.1) is 0 Å². The van der Waals surface area contributed by atoms with E-state index in [9.17, 15) is 14.4 Å². The van der Waals surface area contributed by atoms with Gasteiger partial charge in [-0.15, -0.1) is 0 Å². The Labute approximate surface area is 260 Å². The molecule has 0 radical (unpaired) electrons. The topological polar surface area (TPSA) is 103 Å². The molecular formula is C33H38N4O6S. The maximum Gasteiger partial charge on any atom is 0.338 e. The fraction of sp³-hybridized carbons (Fsp3) is 0.394. The number of carbonyl (C=O) groups is 2. The second-order valence-corrected chi connectivity index (χ2v) is 11.8. The molecule has 1 aromatic heterocycles. The number of esters is 1. The van der Waals surface area contributed by atoms with Crippen molar-refractivity contribution in [2.45, 2.75) is 39.7 Å². The Hall–Kier alpha value is -4.38. The van der Waals surface area contributed by atoms with Crippen molar-refractivity contribution in [1.82, 2.24) is 9.47 Å². The van der Waals surface area contributed by atoms with Crippen molar-refractivity contribution in [2.75, 3.05) is 51.9 Å². The fourth-order valence-electron chi connectivity index (χ4n) is 5.41. The number of ether oxygens (including phenoxy) is 3. The highest BCUT2D eigenvalue weighted by Crippen LogP contribution is 2.32. The Morgan fingerprint density at radius 3 is 2.41 bits per heavy atom. The van der Waals surface area contributed by atoms with Gasteiger partial charge in [-0.1, -0.05) is 29.5 Å². The quantitative estimate of drug-likeness (QED) is 0.322. The number of fused-ring (bicyclic) bond motifs is 1. The van der Waals surface area contributed by atoms with Gasteiger partial charge in [0.25, 0.3) is 11.5 Å². The second-order valence-electron chi connectivity index (χ2n) is 10.8. The van der Waals surface area contributed by atoms with Gasteiger partial charge >= 0.3 is 5.97 Å². The second kappa shape index (κ2) is 13.5. The van der Waals surface area contributed by atoms with Crippen molar-refractivity contribution in [2.24, 2.45) is 4.99 Å². The van der Waals surface area contributed by atoms with Gasteiger partial charge in [0.15, 0.2) is 22.9 Å². The van der Waals surface area contributed by atoms with Crippen molar-refractivity contribution in [3.05, 3.63) is 84.5 Å². The van der Waals surface area contributed by atoms with Crippen molar-refractivity contribution in [3.8, 4) is 11.5 Å². The van der Waals surface area contributed by atoms with E-state index in [4.69, 9.17) is 14.2 Å². The molecule has 1 atom stereocenters. The number of carbonyl (C=O) groups excluding carboxylic acids is 2. The molecule has 3 aromatic rings. The number of rotatable bonds is 10. The van der Waals surface area contributed by atoms with E-state index in [1.807, 2.05) is 61.2 Å². The molecule has 0 unspecified atom stereocenters. The number of nitrogens with zero attached hydrogens (tertiary/aromatic N) is 4. The third-order valence-electron chi connectivity index (χ3n) is 7.62. The first-order chi connectivity index (χ1) is 21.2. The highest BCUT2D eigenvalue weighted by Gasteiger charge is 2.33. The fourth-order valence-corrected chi connectivity index (χ4v) is 6.46. The van der Waals surface area contributed by atoms with Gasteiger partial charge in [0.1, 0.15) is 0 Å². The lowest BCUT2D eigenvalue weighted by Crippen LogP contribution is -2.39. The van der Waals surface area contributed by atoms with E-state index in [1.54, 1.807) is 36.6 Å². The molecule has 0 saturated carbocycles. The Morgan fingerprint density at radius 1 is 1.02 bits per heavy atom. The van der Waals surface area contributed by atoms with Gasteiger partial charge in [-0.3, -0.25) is 14.2 Å². The molecule has 3 heterocycles. The zero-order valence-corrected chi connectivity index (χ0v) is 26.6. The smallest absolute Gasteiger partial charge is 0.338 e. The number of anilines is 1. The van der Waals surface area contributed by atoms with E-state index in [0.29, 0.717) is 38.7 Å². The number of hydrogen-bond acceptors (Lipinski definition) is 9. The summed E-state index contributed by atoms with van der Waals surface area (Å²) in [5.74, 6) is 0.417. The third kappa shape index (κ3) is 6.42. The van der Waals surface area contributed by atoms with Gasteiger partial charge in [-0.25, -0.2) is 9.79 Å². The summed E-state index contributed by atoms with van der Waals surface area (Å²) in [7, 11) is 3.91. The van der Waals surface area contributed by atoms with Crippen LogP contribution >= 0.6 is 11.3 Å². The van der Waals surface area contributed by atoms with Crippen LogP contribution in [0.3, 0.4) is 0 Å². The minimum absolute atomic E-state index is 0.0430. The van der Waals surface area contributed by atoms with E-state index in [-0.39, 0.29) is 24.7 Å². The van der Waals surface area contributed by atoms with E-state index >= 15 is 0 Å². The van der Waals surface area contributed by atoms with Crippen molar-refractivity contribution >= 4 is 35.0 Å². The van der Waals surface area contributed by atoms with E-state index < -0.39 is 12.0 Å². The Bertz CT molecular complexity index is 1750. The number of likely N-dealkylation sites (tertiary alicyclic amines) is 1. The Balaban J connectivity index is 1.52. The lowest BCUT2D eigenvalue weighted by Gasteiger charge is -2.25. The number of amides is 1. The summed E-state index contributed by atoms with van der Waals surface area (Å²) in [6.07, 6.45) is 3.81. The maximum atomic E-state index is 14.0. The number of thiazole rings is 1. The first-order valence-electron chi connectivity index (χ1n) is 14.9. The molecule has 11 heteroatoms. The van der Waals surface area contributed by atoms with Crippen LogP contribution in [0.4, 0.5) is 5.69 Å². The molecule has 2 aliphatic rings. The third-order valence-corrected chi connectivity index (χ3v) is 8.60. The normalized spacial score (nSPS) is 16.4. The number of aromatic nitrogens is 1. The maximum absolute atomic E-state index is 14.0. The van der Waals surface area contributed by atoms with Crippen LogP contribution in [0.5, 0.6) is 11.5 Å². The van der Waals surface area contributed by atoms with Crippen molar-refractivity contribution < 1.29 is 23.8 Å². The summed E-state index contributed by atoms with van der Waals surface area (Å²) >= 11 is 1.26. The molecule has 0 aliphatic carbocycles. The summed E-state index contributed by atoms with van der Waals surface area (Å²) in [5, 5.41) is 0. The summed E-state index contributed by atoms with van der Waals surface area (Å²) < 4.78 is 19.1. The summed E-state index contributed by atoms with van der Waals surface area (Å²) in [4.78, 5) is 48.6. The highest BCUT2D eigenvalue weighted by molar-refractivity contribution is 7.07. The minimum Gasteiger partial charge on any atom is -0.490 e. The highest BCUT2D eigenvalue weighted by atomic mass is 32.1. The molecular weight excluding hydrogens is 580 g/mol. The molecule has 0 spiro atoms. The predicted octanol–water partition coefficient (Wildman–Crippen LogP) is 3.26. The van der Waals surface area contributed by atoms with Gasteiger partial charge in [0.05, 0.1) is 35.1 Å². The Kier molecular flexibility index (Phi) is 9.53.